The maximum atomic E-state index is 12.9. The predicted octanol–water partition coefficient (Wildman–Crippen LogP) is 2.38. The maximum Gasteiger partial charge on any atom is 0.253 e. The average Bonchev–Trinajstić information content (AvgIpc) is 3.50. The summed E-state index contributed by atoms with van der Waals surface area (Å²) in [6.07, 6.45) is 1.61. The van der Waals surface area contributed by atoms with E-state index in [-0.39, 0.29) is 29.5 Å². The second-order valence-corrected chi connectivity index (χ2v) is 9.84. The Morgan fingerprint density at radius 1 is 1.18 bits per heavy atom. The number of nitrogens with one attached hydrogen (secondary N) is 2. The number of ether oxygens (including phenoxy) is 3. The van der Waals surface area contributed by atoms with Crippen LogP contribution < -0.4 is 24.8 Å². The highest BCUT2D eigenvalue weighted by Crippen LogP contribution is 2.39. The van der Waals surface area contributed by atoms with Crippen LogP contribution in [0.4, 0.5) is 0 Å². The van der Waals surface area contributed by atoms with Gasteiger partial charge in [0.25, 0.3) is 5.91 Å². The summed E-state index contributed by atoms with van der Waals surface area (Å²) in [5, 5.41) is 6.58. The molecule has 174 valence electrons. The largest absolute Gasteiger partial charge is 0.497 e. The Balaban J connectivity index is 1.12. The molecule has 2 saturated heterocycles. The van der Waals surface area contributed by atoms with E-state index in [1.54, 1.807) is 24.9 Å². The van der Waals surface area contributed by atoms with Gasteiger partial charge in [0.1, 0.15) is 5.75 Å². The quantitative estimate of drug-likeness (QED) is 0.695. The molecule has 5 rings (SSSR count). The lowest BCUT2D eigenvalue weighted by Crippen LogP contribution is -2.54. The molecule has 1 atom stereocenters. The van der Waals surface area contributed by atoms with Gasteiger partial charge < -0.3 is 24.4 Å². The molecule has 0 radical (unpaired) electrons. The molecule has 33 heavy (non-hydrogen) atoms. The molecule has 2 aromatic rings. The molecule has 2 fully saturated rings. The van der Waals surface area contributed by atoms with E-state index in [0.29, 0.717) is 36.7 Å². The van der Waals surface area contributed by atoms with Gasteiger partial charge >= 0.3 is 0 Å². The van der Waals surface area contributed by atoms with Crippen molar-refractivity contribution in [2.75, 3.05) is 32.7 Å². The smallest absolute Gasteiger partial charge is 0.253 e. The number of benzene rings is 2. The SMILES string of the molecule is COc1cccc(C(=O)N2CCC3(CC2)NC(C(=O)NCc2ccc4c(c2)OCO4)CS3)c1. The lowest BCUT2D eigenvalue weighted by Gasteiger charge is -2.39. The fourth-order valence-electron chi connectivity index (χ4n) is 4.45. The summed E-state index contributed by atoms with van der Waals surface area (Å²) in [6.45, 7) is 1.98. The van der Waals surface area contributed by atoms with Crippen LogP contribution in [0.2, 0.25) is 0 Å². The van der Waals surface area contributed by atoms with Crippen molar-refractivity contribution in [1.82, 2.24) is 15.5 Å². The van der Waals surface area contributed by atoms with E-state index in [4.69, 9.17) is 14.2 Å². The van der Waals surface area contributed by atoms with Crippen LogP contribution in [-0.4, -0.2) is 60.4 Å². The minimum atomic E-state index is -0.246. The molecule has 3 heterocycles. The Labute approximate surface area is 196 Å². The Hall–Kier alpha value is -2.91. The van der Waals surface area contributed by atoms with Crippen molar-refractivity contribution in [3.63, 3.8) is 0 Å². The van der Waals surface area contributed by atoms with E-state index in [1.807, 2.05) is 41.3 Å². The first-order valence-corrected chi connectivity index (χ1v) is 12.0. The number of fused-ring (bicyclic) bond motifs is 1. The van der Waals surface area contributed by atoms with Crippen molar-refractivity contribution in [2.45, 2.75) is 30.3 Å². The average molecular weight is 470 g/mol. The summed E-state index contributed by atoms with van der Waals surface area (Å²) in [6, 6.07) is 12.7. The molecule has 0 bridgehead atoms. The summed E-state index contributed by atoms with van der Waals surface area (Å²) in [4.78, 5) is 27.4. The Bertz CT molecular complexity index is 1050. The monoisotopic (exact) mass is 469 g/mol. The molecule has 9 heteroatoms. The molecule has 1 unspecified atom stereocenters. The van der Waals surface area contributed by atoms with E-state index in [2.05, 4.69) is 10.6 Å². The molecule has 3 aliphatic heterocycles. The number of methoxy groups -OCH3 is 1. The van der Waals surface area contributed by atoms with Crippen LogP contribution in [0, 0.1) is 0 Å². The van der Waals surface area contributed by atoms with Gasteiger partial charge in [0.15, 0.2) is 11.5 Å². The van der Waals surface area contributed by atoms with Gasteiger partial charge in [-0.05, 0) is 48.7 Å². The summed E-state index contributed by atoms with van der Waals surface area (Å²) in [7, 11) is 1.60. The fourth-order valence-corrected chi connectivity index (χ4v) is 5.86. The number of piperidine rings is 1. The fraction of sp³-hybridized carbons (Fsp3) is 0.417. The van der Waals surface area contributed by atoms with Crippen molar-refractivity contribution < 1.29 is 23.8 Å². The number of hydrogen-bond donors (Lipinski definition) is 2. The molecule has 0 aromatic heterocycles. The zero-order chi connectivity index (χ0) is 22.8. The first kappa shape index (κ1) is 21.9. The van der Waals surface area contributed by atoms with Crippen LogP contribution in [0.25, 0.3) is 0 Å². The molecule has 2 amide bonds. The molecular formula is C24H27N3O5S. The second kappa shape index (κ2) is 9.15. The van der Waals surface area contributed by atoms with Gasteiger partial charge in [0.2, 0.25) is 12.7 Å². The number of likely N-dealkylation sites (tertiary alicyclic amines) is 1. The van der Waals surface area contributed by atoms with Gasteiger partial charge in [-0.15, -0.1) is 11.8 Å². The highest BCUT2D eigenvalue weighted by atomic mass is 32.2. The van der Waals surface area contributed by atoms with Gasteiger partial charge in [-0.25, -0.2) is 0 Å². The number of thioether (sulfide) groups is 1. The molecule has 0 aliphatic carbocycles. The van der Waals surface area contributed by atoms with Crippen LogP contribution >= 0.6 is 11.8 Å². The Morgan fingerprint density at radius 3 is 2.82 bits per heavy atom. The number of carbonyl (C=O) groups excluding carboxylic acids is 2. The Morgan fingerprint density at radius 2 is 2.00 bits per heavy atom. The molecule has 2 N–H and O–H groups in total. The van der Waals surface area contributed by atoms with Gasteiger partial charge in [-0.3, -0.25) is 14.9 Å². The first-order valence-electron chi connectivity index (χ1n) is 11.1. The minimum absolute atomic E-state index is 0.00747. The summed E-state index contributed by atoms with van der Waals surface area (Å²) in [5.41, 5.74) is 1.61. The number of nitrogens with zero attached hydrogens (tertiary/aromatic N) is 1. The topological polar surface area (TPSA) is 89.1 Å². The summed E-state index contributed by atoms with van der Waals surface area (Å²) >= 11 is 1.79. The first-order chi connectivity index (χ1) is 16.0. The highest BCUT2D eigenvalue weighted by molar-refractivity contribution is 8.01. The Kier molecular flexibility index (Phi) is 6.07. The van der Waals surface area contributed by atoms with E-state index in [0.717, 1.165) is 29.9 Å². The zero-order valence-electron chi connectivity index (χ0n) is 18.5. The lowest BCUT2D eigenvalue weighted by atomic mass is 10.0. The van der Waals surface area contributed by atoms with E-state index in [9.17, 15) is 9.59 Å². The molecule has 3 aliphatic rings. The van der Waals surface area contributed by atoms with Crippen molar-refractivity contribution >= 4 is 23.6 Å². The van der Waals surface area contributed by atoms with E-state index >= 15 is 0 Å². The van der Waals surface area contributed by atoms with Gasteiger partial charge in [0, 0.05) is 31.0 Å². The van der Waals surface area contributed by atoms with Gasteiger partial charge in [0.05, 0.1) is 18.0 Å². The molecule has 8 nitrogen and oxygen atoms in total. The summed E-state index contributed by atoms with van der Waals surface area (Å²) < 4.78 is 16.0. The lowest BCUT2D eigenvalue weighted by molar-refractivity contribution is -0.122. The van der Waals surface area contributed by atoms with Crippen molar-refractivity contribution in [3.05, 3.63) is 53.6 Å². The highest BCUT2D eigenvalue weighted by Gasteiger charge is 2.44. The van der Waals surface area contributed by atoms with E-state index < -0.39 is 0 Å². The number of rotatable bonds is 5. The molecular weight excluding hydrogens is 442 g/mol. The molecule has 2 aromatic carbocycles. The van der Waals surface area contributed by atoms with E-state index in [1.165, 1.54) is 0 Å². The third kappa shape index (κ3) is 4.60. The van der Waals surface area contributed by atoms with Gasteiger partial charge in [-0.1, -0.05) is 12.1 Å². The minimum Gasteiger partial charge on any atom is -0.497 e. The number of hydrogen-bond acceptors (Lipinski definition) is 7. The van der Waals surface area contributed by atoms with Crippen LogP contribution in [0.1, 0.15) is 28.8 Å². The van der Waals surface area contributed by atoms with Crippen LogP contribution in [0.15, 0.2) is 42.5 Å². The number of carbonyl (C=O) groups is 2. The van der Waals surface area contributed by atoms with Crippen molar-refractivity contribution in [1.29, 1.82) is 0 Å². The van der Waals surface area contributed by atoms with Crippen LogP contribution in [-0.2, 0) is 11.3 Å². The van der Waals surface area contributed by atoms with Gasteiger partial charge in [-0.2, -0.15) is 0 Å². The third-order valence-electron chi connectivity index (χ3n) is 6.36. The normalized spacial score (nSPS) is 20.6. The molecule has 0 saturated carbocycles. The van der Waals surface area contributed by atoms with Crippen LogP contribution in [0.5, 0.6) is 17.2 Å². The zero-order valence-corrected chi connectivity index (χ0v) is 19.3. The standard InChI is InChI=1S/C24H27N3O5S/c1-30-18-4-2-3-17(12-18)23(29)27-9-7-24(8-10-27)26-19(14-33-24)22(28)25-13-16-5-6-20-21(11-16)32-15-31-20/h2-6,11-12,19,26H,7-10,13-15H2,1H3,(H,25,28). The predicted molar refractivity (Wildman–Crippen MR) is 125 cm³/mol. The van der Waals surface area contributed by atoms with Crippen molar-refractivity contribution in [3.8, 4) is 17.2 Å². The van der Waals surface area contributed by atoms with Crippen molar-refractivity contribution in [2.24, 2.45) is 0 Å². The van der Waals surface area contributed by atoms with Crippen LogP contribution in [0.3, 0.4) is 0 Å². The number of amides is 2. The molecule has 1 spiro atoms. The summed E-state index contributed by atoms with van der Waals surface area (Å²) in [5.74, 6) is 2.85. The second-order valence-electron chi connectivity index (χ2n) is 8.43. The third-order valence-corrected chi connectivity index (χ3v) is 7.94. The maximum absolute atomic E-state index is 12.9.